The van der Waals surface area contributed by atoms with Crippen molar-refractivity contribution in [2.45, 2.75) is 89.8 Å². The number of thiophene rings is 1. The predicted molar refractivity (Wildman–Crippen MR) is 146 cm³/mol. The number of likely N-dealkylation sites (tertiary alicyclic amines) is 1. The lowest BCUT2D eigenvalue weighted by Gasteiger charge is -2.27. The van der Waals surface area contributed by atoms with Gasteiger partial charge in [0.1, 0.15) is 0 Å². The number of halogens is 2. The number of carbonyl (C=O) groups is 2. The van der Waals surface area contributed by atoms with Gasteiger partial charge in [0.05, 0.1) is 12.1 Å². The Kier molecular flexibility index (Phi) is 12.2. The molecule has 0 radical (unpaired) electrons. The number of unbranched alkanes of at least 4 members (excludes halogenated alkanes) is 1. The Morgan fingerprint density at radius 2 is 1.81 bits per heavy atom. The molecule has 204 valence electrons. The number of rotatable bonds is 15. The van der Waals surface area contributed by atoms with Crippen LogP contribution in [0, 0.1) is 11.6 Å². The van der Waals surface area contributed by atoms with Crippen molar-refractivity contribution in [1.82, 2.24) is 15.5 Å². The van der Waals surface area contributed by atoms with Crippen molar-refractivity contribution >= 4 is 23.0 Å². The highest BCUT2D eigenvalue weighted by Gasteiger charge is 2.26. The molecular weight excluding hydrogens is 492 g/mol. The molecule has 2 aromatic rings. The number of piperidine rings is 1. The monoisotopic (exact) mass is 533 g/mol. The van der Waals surface area contributed by atoms with Crippen LogP contribution in [0.25, 0.3) is 0 Å². The van der Waals surface area contributed by atoms with Gasteiger partial charge in [-0.3, -0.25) is 9.59 Å². The fraction of sp³-hybridized carbons (Fsp3) is 0.586. The van der Waals surface area contributed by atoms with Gasteiger partial charge in [-0.05, 0) is 87.3 Å². The van der Waals surface area contributed by atoms with Crippen LogP contribution in [0.15, 0.2) is 35.7 Å². The number of carbonyl (C=O) groups excluding carboxylic acids is 2. The Labute approximate surface area is 224 Å². The topological polar surface area (TPSA) is 61.4 Å². The van der Waals surface area contributed by atoms with Crippen LogP contribution in [0.3, 0.4) is 0 Å². The molecule has 1 aliphatic rings. The molecule has 0 saturated carbocycles. The highest BCUT2D eigenvalue weighted by molar-refractivity contribution is 7.09. The van der Waals surface area contributed by atoms with Gasteiger partial charge < -0.3 is 15.5 Å². The van der Waals surface area contributed by atoms with Crippen molar-refractivity contribution in [2.24, 2.45) is 0 Å². The van der Waals surface area contributed by atoms with Crippen LogP contribution >= 0.6 is 11.3 Å². The predicted octanol–water partition coefficient (Wildman–Crippen LogP) is 5.28. The summed E-state index contributed by atoms with van der Waals surface area (Å²) in [6, 6.07) is 6.44. The first kappa shape index (κ1) is 29.4. The Hall–Kier alpha value is -2.16. The molecule has 0 aliphatic carbocycles. The van der Waals surface area contributed by atoms with E-state index in [0.717, 1.165) is 49.5 Å². The second-order valence-electron chi connectivity index (χ2n) is 10.3. The lowest BCUT2D eigenvalue weighted by Crippen LogP contribution is -2.52. The Balaban J connectivity index is 1.62. The van der Waals surface area contributed by atoms with Gasteiger partial charge in [0.15, 0.2) is 17.4 Å². The summed E-state index contributed by atoms with van der Waals surface area (Å²) in [4.78, 5) is 30.2. The second kappa shape index (κ2) is 15.3. The molecule has 2 heterocycles. The first-order valence-electron chi connectivity index (χ1n) is 13.6. The zero-order valence-electron chi connectivity index (χ0n) is 22.1. The van der Waals surface area contributed by atoms with Gasteiger partial charge in [-0.15, -0.1) is 11.3 Å². The second-order valence-corrected chi connectivity index (χ2v) is 11.4. The largest absolute Gasteiger partial charge is 0.345 e. The molecule has 8 heteroatoms. The van der Waals surface area contributed by atoms with Crippen LogP contribution in [0.2, 0.25) is 0 Å². The lowest BCUT2D eigenvalue weighted by atomic mass is 9.98. The van der Waals surface area contributed by atoms with Crippen LogP contribution in [-0.2, 0) is 22.4 Å². The highest BCUT2D eigenvalue weighted by Crippen LogP contribution is 2.16. The quantitative estimate of drug-likeness (QED) is 0.306. The van der Waals surface area contributed by atoms with Crippen molar-refractivity contribution in [3.05, 3.63) is 57.8 Å². The summed E-state index contributed by atoms with van der Waals surface area (Å²) < 4.78 is 27.3. The number of benzene rings is 1. The molecule has 0 bridgehead atoms. The van der Waals surface area contributed by atoms with E-state index in [1.165, 1.54) is 25.3 Å². The molecule has 3 rings (SSSR count). The molecule has 1 aromatic heterocycles. The van der Waals surface area contributed by atoms with E-state index in [0.29, 0.717) is 18.4 Å². The van der Waals surface area contributed by atoms with E-state index in [1.54, 1.807) is 11.3 Å². The van der Waals surface area contributed by atoms with Crippen LogP contribution in [0.4, 0.5) is 8.78 Å². The van der Waals surface area contributed by atoms with Gasteiger partial charge in [-0.1, -0.05) is 38.8 Å². The van der Waals surface area contributed by atoms with E-state index >= 15 is 0 Å². The Morgan fingerprint density at radius 3 is 2.49 bits per heavy atom. The fourth-order valence-corrected chi connectivity index (χ4v) is 5.56. The van der Waals surface area contributed by atoms with E-state index in [9.17, 15) is 18.4 Å². The van der Waals surface area contributed by atoms with E-state index in [2.05, 4.69) is 15.5 Å². The lowest BCUT2D eigenvalue weighted by molar-refractivity contribution is -0.129. The van der Waals surface area contributed by atoms with Crippen molar-refractivity contribution in [3.63, 3.8) is 0 Å². The molecule has 2 atom stereocenters. The minimum Gasteiger partial charge on any atom is -0.345 e. The van der Waals surface area contributed by atoms with E-state index < -0.39 is 23.7 Å². The van der Waals surface area contributed by atoms with Gasteiger partial charge in [0.25, 0.3) is 0 Å². The maximum atomic E-state index is 13.8. The number of ketones is 1. The van der Waals surface area contributed by atoms with E-state index in [-0.39, 0.29) is 30.6 Å². The van der Waals surface area contributed by atoms with Crippen molar-refractivity contribution in [1.29, 1.82) is 0 Å². The molecule has 1 fully saturated rings. The SMILES string of the molecule is CC(C)N[C@H](CCCCN1CCCCC1)C(=O)N[C@@H](Cc1ccc(F)c(F)c1)C(=O)CCc1cccs1. The average Bonchev–Trinajstić information content (AvgIpc) is 3.40. The zero-order chi connectivity index (χ0) is 26.6. The molecule has 0 spiro atoms. The number of amides is 1. The number of nitrogens with one attached hydrogen (secondary N) is 2. The summed E-state index contributed by atoms with van der Waals surface area (Å²) in [5.74, 6) is -2.22. The van der Waals surface area contributed by atoms with Crippen molar-refractivity contribution in [2.75, 3.05) is 19.6 Å². The van der Waals surface area contributed by atoms with Crippen molar-refractivity contribution in [3.8, 4) is 0 Å². The molecule has 1 saturated heterocycles. The van der Waals surface area contributed by atoms with E-state index in [1.807, 2.05) is 31.4 Å². The third-order valence-electron chi connectivity index (χ3n) is 6.84. The Bertz CT molecular complexity index is 978. The van der Waals surface area contributed by atoms with Crippen LogP contribution in [-0.4, -0.2) is 54.4 Å². The molecule has 5 nitrogen and oxygen atoms in total. The smallest absolute Gasteiger partial charge is 0.237 e. The number of hydrogen-bond acceptors (Lipinski definition) is 5. The van der Waals surface area contributed by atoms with Crippen LogP contribution < -0.4 is 10.6 Å². The van der Waals surface area contributed by atoms with Crippen LogP contribution in [0.5, 0.6) is 0 Å². The van der Waals surface area contributed by atoms with Gasteiger partial charge in [-0.2, -0.15) is 0 Å². The molecule has 1 aliphatic heterocycles. The zero-order valence-corrected chi connectivity index (χ0v) is 22.9. The standard InChI is InChI=1S/C29H41F2N3O2S/c1-21(2)32-26(10-4-7-17-34-15-5-3-6-16-34)29(36)33-27(20-22-11-13-24(30)25(31)19-22)28(35)14-12-23-9-8-18-37-23/h8-9,11,13,18-19,21,26-27,32H,3-7,10,12,14-17,20H2,1-2H3,(H,33,36)/t26-,27+/m1/s1. The summed E-state index contributed by atoms with van der Waals surface area (Å²) in [6.45, 7) is 7.37. The molecule has 37 heavy (non-hydrogen) atoms. The first-order valence-corrected chi connectivity index (χ1v) is 14.5. The van der Waals surface area contributed by atoms with Crippen LogP contribution in [0.1, 0.15) is 69.2 Å². The molecule has 1 amide bonds. The van der Waals surface area contributed by atoms with E-state index in [4.69, 9.17) is 0 Å². The van der Waals surface area contributed by atoms with Gasteiger partial charge in [0, 0.05) is 17.3 Å². The third-order valence-corrected chi connectivity index (χ3v) is 7.78. The third kappa shape index (κ3) is 10.3. The molecule has 2 N–H and O–H groups in total. The normalized spacial score (nSPS) is 16.0. The van der Waals surface area contributed by atoms with Crippen molar-refractivity contribution < 1.29 is 18.4 Å². The van der Waals surface area contributed by atoms with Gasteiger partial charge in [-0.25, -0.2) is 8.78 Å². The number of nitrogens with zero attached hydrogens (tertiary/aromatic N) is 1. The Morgan fingerprint density at radius 1 is 1.03 bits per heavy atom. The number of hydrogen-bond donors (Lipinski definition) is 2. The highest BCUT2D eigenvalue weighted by atomic mass is 32.1. The fourth-order valence-electron chi connectivity index (χ4n) is 4.85. The number of aryl methyl sites for hydroxylation is 1. The maximum absolute atomic E-state index is 13.8. The van der Waals surface area contributed by atoms with Gasteiger partial charge in [0.2, 0.25) is 5.91 Å². The summed E-state index contributed by atoms with van der Waals surface area (Å²) in [7, 11) is 0. The molecular formula is C29H41F2N3O2S. The summed E-state index contributed by atoms with van der Waals surface area (Å²) in [5.41, 5.74) is 0.476. The minimum absolute atomic E-state index is 0.108. The summed E-state index contributed by atoms with van der Waals surface area (Å²) >= 11 is 1.59. The number of Topliss-reactive ketones (excluding diaryl/α,β-unsaturated/α-hetero) is 1. The van der Waals surface area contributed by atoms with Gasteiger partial charge >= 0.3 is 0 Å². The summed E-state index contributed by atoms with van der Waals surface area (Å²) in [6.07, 6.45) is 7.44. The summed E-state index contributed by atoms with van der Waals surface area (Å²) in [5, 5.41) is 8.27. The molecule has 1 aromatic carbocycles. The first-order chi connectivity index (χ1) is 17.8. The minimum atomic E-state index is -0.957. The average molecular weight is 534 g/mol. The maximum Gasteiger partial charge on any atom is 0.237 e. The molecule has 0 unspecified atom stereocenters.